The summed E-state index contributed by atoms with van der Waals surface area (Å²) >= 11 is 0. The van der Waals surface area contributed by atoms with E-state index in [-0.39, 0.29) is 12.3 Å². The van der Waals surface area contributed by atoms with Crippen molar-refractivity contribution in [3.8, 4) is 0 Å². The molecule has 0 aliphatic carbocycles. The van der Waals surface area contributed by atoms with Crippen molar-refractivity contribution in [2.75, 3.05) is 36.3 Å². The van der Waals surface area contributed by atoms with E-state index >= 15 is 0 Å². The third-order valence-electron chi connectivity index (χ3n) is 4.93. The van der Waals surface area contributed by atoms with E-state index in [2.05, 4.69) is 45.2 Å². The van der Waals surface area contributed by atoms with E-state index < -0.39 is 11.0 Å². The molecule has 0 spiro atoms. The second kappa shape index (κ2) is 12.3. The summed E-state index contributed by atoms with van der Waals surface area (Å²) in [4.78, 5) is 33.1. The van der Waals surface area contributed by atoms with Gasteiger partial charge in [-0.05, 0) is 37.5 Å². The molecule has 1 heterocycles. The van der Waals surface area contributed by atoms with Crippen molar-refractivity contribution < 1.29 is 14.5 Å². The van der Waals surface area contributed by atoms with Gasteiger partial charge in [0.25, 0.3) is 5.69 Å². The molecule has 0 saturated carbocycles. The van der Waals surface area contributed by atoms with Gasteiger partial charge < -0.3 is 9.64 Å². The second-order valence-electron chi connectivity index (χ2n) is 8.07. The van der Waals surface area contributed by atoms with Gasteiger partial charge in [-0.15, -0.1) is 0 Å². The quantitative estimate of drug-likeness (QED) is 0.211. The lowest BCUT2D eigenvalue weighted by atomic mass is 10.1. The molecule has 35 heavy (non-hydrogen) atoms. The third kappa shape index (κ3) is 8.23. The van der Waals surface area contributed by atoms with E-state index in [0.717, 1.165) is 17.1 Å². The molecule has 11 heteroatoms. The van der Waals surface area contributed by atoms with Crippen LogP contribution in [0.1, 0.15) is 23.2 Å². The Kier molecular flexibility index (Phi) is 8.90. The van der Waals surface area contributed by atoms with Crippen LogP contribution in [0.3, 0.4) is 0 Å². The smallest absolute Gasteiger partial charge is 0.411 e. The minimum absolute atomic E-state index is 0.0508. The summed E-state index contributed by atoms with van der Waals surface area (Å²) in [7, 11) is 3.81. The minimum atomic E-state index is -0.627. The number of non-ortho nitro benzene ring substituents is 1. The number of nitro benzene ring substituents is 1. The van der Waals surface area contributed by atoms with Gasteiger partial charge in [0, 0.05) is 50.2 Å². The highest BCUT2D eigenvalue weighted by Crippen LogP contribution is 2.16. The Morgan fingerprint density at radius 2 is 1.89 bits per heavy atom. The summed E-state index contributed by atoms with van der Waals surface area (Å²) in [5.74, 6) is 1.21. The zero-order valence-electron chi connectivity index (χ0n) is 19.9. The van der Waals surface area contributed by atoms with Crippen molar-refractivity contribution in [3.05, 3.63) is 81.5 Å². The number of carbonyl (C=O) groups excluding carboxylic acids is 1. The number of hydrazine groups is 1. The van der Waals surface area contributed by atoms with Crippen molar-refractivity contribution in [2.24, 2.45) is 0 Å². The van der Waals surface area contributed by atoms with Gasteiger partial charge in [0.1, 0.15) is 5.82 Å². The molecule has 0 fully saturated rings. The van der Waals surface area contributed by atoms with Crippen molar-refractivity contribution in [2.45, 2.75) is 26.3 Å². The topological polar surface area (TPSA) is 135 Å². The van der Waals surface area contributed by atoms with E-state index in [1.54, 1.807) is 0 Å². The van der Waals surface area contributed by atoms with Crippen LogP contribution < -0.4 is 21.1 Å². The molecule has 0 radical (unpaired) electrons. The van der Waals surface area contributed by atoms with Crippen LogP contribution in [0.4, 0.5) is 27.9 Å². The Hall–Kier alpha value is -4.25. The number of aromatic nitrogens is 2. The van der Waals surface area contributed by atoms with Gasteiger partial charge in [0.05, 0.1) is 11.5 Å². The van der Waals surface area contributed by atoms with E-state index in [9.17, 15) is 14.9 Å². The van der Waals surface area contributed by atoms with Gasteiger partial charge in [0.15, 0.2) is 0 Å². The number of anilines is 3. The number of nitro groups is 1. The standard InChI is InChI=1S/C24H29N7O4/c1-17-6-4-7-18(14-17)16-25-29-23-26-20(15-22(28-23)30(2)3)8-5-13-35-24(32)27-19-9-11-21(12-10-19)31(33)34/h4,6-7,9-12,14-15,25H,5,8,13,16H2,1-3H3,(H,27,32)(H,26,28,29). The molecule has 0 saturated heterocycles. The molecule has 3 aromatic rings. The number of nitrogens with zero attached hydrogens (tertiary/aromatic N) is 4. The molecule has 2 aromatic carbocycles. The SMILES string of the molecule is Cc1cccc(CNNc2nc(CCCOC(=O)Nc3ccc([N+](=O)[O-])cc3)cc(N(C)C)n2)c1. The molecule has 184 valence electrons. The molecule has 0 aliphatic heterocycles. The lowest BCUT2D eigenvalue weighted by molar-refractivity contribution is -0.384. The van der Waals surface area contributed by atoms with Crippen molar-refractivity contribution in [3.63, 3.8) is 0 Å². The first-order valence-electron chi connectivity index (χ1n) is 11.1. The molecule has 3 N–H and O–H groups in total. The van der Waals surface area contributed by atoms with E-state index in [0.29, 0.717) is 31.0 Å². The maximum atomic E-state index is 12.0. The van der Waals surface area contributed by atoms with Crippen molar-refractivity contribution in [1.82, 2.24) is 15.4 Å². The highest BCUT2D eigenvalue weighted by molar-refractivity contribution is 5.84. The number of hydrogen-bond acceptors (Lipinski definition) is 9. The van der Waals surface area contributed by atoms with Gasteiger partial charge in [-0.25, -0.2) is 15.2 Å². The summed E-state index contributed by atoms with van der Waals surface area (Å²) in [5, 5.41) is 13.2. The van der Waals surface area contributed by atoms with Crippen LogP contribution in [0.5, 0.6) is 0 Å². The van der Waals surface area contributed by atoms with Gasteiger partial charge in [-0.3, -0.25) is 20.9 Å². The van der Waals surface area contributed by atoms with Crippen molar-refractivity contribution >= 4 is 29.2 Å². The highest BCUT2D eigenvalue weighted by Gasteiger charge is 2.09. The Balaban J connectivity index is 1.48. The summed E-state index contributed by atoms with van der Waals surface area (Å²) in [6.45, 7) is 2.86. The number of ether oxygens (including phenoxy) is 1. The predicted molar refractivity (Wildman–Crippen MR) is 134 cm³/mol. The maximum Gasteiger partial charge on any atom is 0.411 e. The molecule has 1 aromatic heterocycles. The monoisotopic (exact) mass is 479 g/mol. The third-order valence-corrected chi connectivity index (χ3v) is 4.93. The second-order valence-corrected chi connectivity index (χ2v) is 8.07. The van der Waals surface area contributed by atoms with E-state index in [1.165, 1.54) is 29.8 Å². The fourth-order valence-corrected chi connectivity index (χ4v) is 3.18. The molecule has 11 nitrogen and oxygen atoms in total. The number of hydrogen-bond donors (Lipinski definition) is 3. The Morgan fingerprint density at radius 1 is 1.11 bits per heavy atom. The lowest BCUT2D eigenvalue weighted by Crippen LogP contribution is -2.24. The number of aryl methyl sites for hydroxylation is 2. The number of amides is 1. The molecule has 3 rings (SSSR count). The van der Waals surface area contributed by atoms with Gasteiger partial charge in [-0.2, -0.15) is 4.98 Å². The number of nitrogens with one attached hydrogen (secondary N) is 3. The number of benzene rings is 2. The highest BCUT2D eigenvalue weighted by atomic mass is 16.6. The number of carbonyl (C=O) groups is 1. The maximum absolute atomic E-state index is 12.0. The average molecular weight is 480 g/mol. The summed E-state index contributed by atoms with van der Waals surface area (Å²) in [5.41, 5.74) is 9.72. The first kappa shape index (κ1) is 25.4. The summed E-state index contributed by atoms with van der Waals surface area (Å²) in [6, 6.07) is 15.6. The molecular formula is C24H29N7O4. The van der Waals surface area contributed by atoms with Crippen LogP contribution in [-0.2, 0) is 17.7 Å². The Labute approximate surface area is 203 Å². The van der Waals surface area contributed by atoms with Gasteiger partial charge in [0.2, 0.25) is 5.95 Å². The summed E-state index contributed by atoms with van der Waals surface area (Å²) in [6.07, 6.45) is 0.521. The van der Waals surface area contributed by atoms with Crippen LogP contribution in [0, 0.1) is 17.0 Å². The molecule has 0 bridgehead atoms. The van der Waals surface area contributed by atoms with E-state index in [4.69, 9.17) is 4.74 Å². The largest absolute Gasteiger partial charge is 0.449 e. The zero-order valence-corrected chi connectivity index (χ0v) is 19.9. The molecule has 0 unspecified atom stereocenters. The molecular weight excluding hydrogens is 450 g/mol. The fraction of sp³-hybridized carbons (Fsp3) is 0.292. The molecule has 1 amide bonds. The van der Waals surface area contributed by atoms with Gasteiger partial charge in [-0.1, -0.05) is 29.8 Å². The average Bonchev–Trinajstić information content (AvgIpc) is 2.82. The minimum Gasteiger partial charge on any atom is -0.449 e. The first-order valence-corrected chi connectivity index (χ1v) is 11.1. The Bertz CT molecular complexity index is 1150. The normalized spacial score (nSPS) is 10.5. The van der Waals surface area contributed by atoms with Crippen LogP contribution in [-0.4, -0.2) is 41.7 Å². The van der Waals surface area contributed by atoms with Crippen LogP contribution in [0.25, 0.3) is 0 Å². The van der Waals surface area contributed by atoms with Crippen molar-refractivity contribution in [1.29, 1.82) is 0 Å². The van der Waals surface area contributed by atoms with Crippen LogP contribution >= 0.6 is 0 Å². The fourth-order valence-electron chi connectivity index (χ4n) is 3.18. The predicted octanol–water partition coefficient (Wildman–Crippen LogP) is 4.06. The van der Waals surface area contributed by atoms with Gasteiger partial charge >= 0.3 is 6.09 Å². The zero-order chi connectivity index (χ0) is 25.2. The number of rotatable bonds is 11. The van der Waals surface area contributed by atoms with Crippen LogP contribution in [0.15, 0.2) is 54.6 Å². The summed E-state index contributed by atoms with van der Waals surface area (Å²) < 4.78 is 5.21. The lowest BCUT2D eigenvalue weighted by Gasteiger charge is -2.15. The van der Waals surface area contributed by atoms with Crippen LogP contribution in [0.2, 0.25) is 0 Å². The molecule has 0 atom stereocenters. The first-order chi connectivity index (χ1) is 16.8. The van der Waals surface area contributed by atoms with E-state index in [1.807, 2.05) is 37.2 Å². The molecule has 0 aliphatic rings. The Morgan fingerprint density at radius 3 is 2.57 bits per heavy atom.